The number of anilines is 1. The number of hydrogen-bond donors (Lipinski definition) is 2. The smallest absolute Gasteiger partial charge is 0.251 e. The zero-order valence-electron chi connectivity index (χ0n) is 20.7. The molecule has 3 amide bonds. The van der Waals surface area contributed by atoms with Crippen LogP contribution in [0.2, 0.25) is 0 Å². The van der Waals surface area contributed by atoms with E-state index >= 15 is 0 Å². The Morgan fingerprint density at radius 2 is 1.49 bits per heavy atom. The summed E-state index contributed by atoms with van der Waals surface area (Å²) in [4.78, 5) is 42.1. The largest absolute Gasteiger partial charge is 0.351 e. The Balaban J connectivity index is 1.62. The minimum Gasteiger partial charge on any atom is -0.351 e. The third kappa shape index (κ3) is 5.92. The van der Waals surface area contributed by atoms with E-state index in [2.05, 4.69) is 10.6 Å². The lowest BCUT2D eigenvalue weighted by atomic mass is 9.78. The highest BCUT2D eigenvalue weighted by Crippen LogP contribution is 2.38. The van der Waals surface area contributed by atoms with E-state index in [0.717, 1.165) is 50.5 Å². The molecule has 0 radical (unpaired) electrons. The predicted molar refractivity (Wildman–Crippen MR) is 138 cm³/mol. The zero-order chi connectivity index (χ0) is 24.7. The van der Waals surface area contributed by atoms with Crippen molar-refractivity contribution in [3.63, 3.8) is 0 Å². The second-order valence-corrected chi connectivity index (χ2v) is 10.0. The quantitative estimate of drug-likeness (QED) is 0.597. The third-order valence-electron chi connectivity index (χ3n) is 7.45. The van der Waals surface area contributed by atoms with Crippen LogP contribution in [-0.2, 0) is 9.59 Å². The number of benzene rings is 2. The molecule has 2 aromatic carbocycles. The number of amides is 3. The number of carbonyl (C=O) groups excluding carboxylic acids is 3. The van der Waals surface area contributed by atoms with Gasteiger partial charge in [-0.2, -0.15) is 0 Å². The average molecular weight is 476 g/mol. The van der Waals surface area contributed by atoms with Gasteiger partial charge in [-0.3, -0.25) is 19.3 Å². The van der Waals surface area contributed by atoms with Gasteiger partial charge in [-0.05, 0) is 56.9 Å². The first-order valence-corrected chi connectivity index (χ1v) is 13.0. The van der Waals surface area contributed by atoms with Crippen LogP contribution in [0, 0.1) is 6.92 Å². The Hall–Kier alpha value is -3.15. The van der Waals surface area contributed by atoms with Gasteiger partial charge in [0.2, 0.25) is 11.8 Å². The van der Waals surface area contributed by atoms with Crippen molar-refractivity contribution in [3.05, 3.63) is 65.7 Å². The van der Waals surface area contributed by atoms with Crippen LogP contribution in [0.15, 0.2) is 54.6 Å². The number of carbonyl (C=O) groups is 3. The standard InChI is InChI=1S/C29H37N3O3/c1-22-15-17-25(18-16-22)32(26(33)21-30-27(34)23-11-5-2-6-12-23)29(19-9-4-10-20-29)28(35)31-24-13-7-3-8-14-24/h2,5-6,11-12,15-18,24H,3-4,7-10,13-14,19-21H2,1H3,(H,30,34)(H,31,35). The molecule has 6 heteroatoms. The van der Waals surface area contributed by atoms with Gasteiger partial charge in [0, 0.05) is 17.3 Å². The fraction of sp³-hybridized carbons (Fsp3) is 0.483. The number of aryl methyl sites for hydroxylation is 1. The first kappa shape index (κ1) is 25.0. The molecular formula is C29H37N3O3. The SMILES string of the molecule is Cc1ccc(N(C(=O)CNC(=O)c2ccccc2)C2(C(=O)NC3CCCCC3)CCCCC2)cc1. The number of rotatable bonds is 7. The summed E-state index contributed by atoms with van der Waals surface area (Å²) >= 11 is 0. The summed E-state index contributed by atoms with van der Waals surface area (Å²) in [6.45, 7) is 1.84. The Labute approximate surface area is 208 Å². The Morgan fingerprint density at radius 1 is 0.857 bits per heavy atom. The van der Waals surface area contributed by atoms with Crippen molar-refractivity contribution < 1.29 is 14.4 Å². The van der Waals surface area contributed by atoms with Crippen LogP contribution in [0.3, 0.4) is 0 Å². The van der Waals surface area contributed by atoms with Crippen LogP contribution in [0.5, 0.6) is 0 Å². The summed E-state index contributed by atoms with van der Waals surface area (Å²) in [7, 11) is 0. The minimum absolute atomic E-state index is 0.0487. The van der Waals surface area contributed by atoms with Crippen LogP contribution in [0.1, 0.15) is 80.1 Å². The molecule has 2 N–H and O–H groups in total. The Morgan fingerprint density at radius 3 is 2.14 bits per heavy atom. The van der Waals surface area contributed by atoms with E-state index in [1.54, 1.807) is 29.2 Å². The van der Waals surface area contributed by atoms with Gasteiger partial charge in [-0.15, -0.1) is 0 Å². The normalized spacial score (nSPS) is 17.9. The maximum Gasteiger partial charge on any atom is 0.251 e. The van der Waals surface area contributed by atoms with Crippen molar-refractivity contribution >= 4 is 23.4 Å². The molecule has 0 unspecified atom stereocenters. The molecule has 2 fully saturated rings. The van der Waals surface area contributed by atoms with Crippen LogP contribution >= 0.6 is 0 Å². The van der Waals surface area contributed by atoms with Crippen molar-refractivity contribution in [2.24, 2.45) is 0 Å². The number of nitrogens with zero attached hydrogens (tertiary/aromatic N) is 1. The molecule has 0 saturated heterocycles. The molecule has 0 bridgehead atoms. The highest BCUT2D eigenvalue weighted by Gasteiger charge is 2.48. The zero-order valence-corrected chi connectivity index (χ0v) is 20.7. The summed E-state index contributed by atoms with van der Waals surface area (Å²) in [5, 5.41) is 6.09. The molecule has 6 nitrogen and oxygen atoms in total. The van der Waals surface area contributed by atoms with Crippen molar-refractivity contribution in [2.75, 3.05) is 11.4 Å². The van der Waals surface area contributed by atoms with E-state index in [4.69, 9.17) is 0 Å². The van der Waals surface area contributed by atoms with Crippen LogP contribution in [0.25, 0.3) is 0 Å². The maximum atomic E-state index is 13.9. The Bertz CT molecular complexity index is 1010. The molecule has 4 rings (SSSR count). The predicted octanol–water partition coefficient (Wildman–Crippen LogP) is 4.91. The molecular weight excluding hydrogens is 438 g/mol. The second-order valence-electron chi connectivity index (χ2n) is 10.0. The van der Waals surface area contributed by atoms with Crippen LogP contribution in [0.4, 0.5) is 5.69 Å². The van der Waals surface area contributed by atoms with Crippen molar-refractivity contribution in [2.45, 2.75) is 82.7 Å². The first-order chi connectivity index (χ1) is 17.0. The molecule has 186 valence electrons. The molecule has 0 atom stereocenters. The second kappa shape index (κ2) is 11.5. The van der Waals surface area contributed by atoms with Gasteiger partial charge in [-0.1, -0.05) is 74.4 Å². The fourth-order valence-corrected chi connectivity index (χ4v) is 5.51. The minimum atomic E-state index is -0.945. The van der Waals surface area contributed by atoms with Gasteiger partial charge in [0.1, 0.15) is 5.54 Å². The average Bonchev–Trinajstić information content (AvgIpc) is 2.90. The van der Waals surface area contributed by atoms with Crippen LogP contribution < -0.4 is 15.5 Å². The van der Waals surface area contributed by atoms with E-state index in [1.807, 2.05) is 37.3 Å². The van der Waals surface area contributed by atoms with Crippen molar-refractivity contribution in [1.82, 2.24) is 10.6 Å². The fourth-order valence-electron chi connectivity index (χ4n) is 5.51. The molecule has 0 heterocycles. The molecule has 2 aliphatic rings. The molecule has 35 heavy (non-hydrogen) atoms. The summed E-state index contributed by atoms with van der Waals surface area (Å²) in [6.07, 6.45) is 9.55. The summed E-state index contributed by atoms with van der Waals surface area (Å²) in [5.41, 5.74) is 1.35. The summed E-state index contributed by atoms with van der Waals surface area (Å²) < 4.78 is 0. The monoisotopic (exact) mass is 475 g/mol. The van der Waals surface area contributed by atoms with E-state index in [0.29, 0.717) is 24.1 Å². The molecule has 2 aliphatic carbocycles. The lowest BCUT2D eigenvalue weighted by Crippen LogP contribution is -2.64. The topological polar surface area (TPSA) is 78.5 Å². The Kier molecular flexibility index (Phi) is 8.21. The van der Waals surface area contributed by atoms with Gasteiger partial charge < -0.3 is 10.6 Å². The van der Waals surface area contributed by atoms with Gasteiger partial charge in [0.15, 0.2) is 0 Å². The summed E-state index contributed by atoms with van der Waals surface area (Å²) in [6, 6.07) is 16.8. The molecule has 0 aromatic heterocycles. The van der Waals surface area contributed by atoms with Crippen molar-refractivity contribution in [3.8, 4) is 0 Å². The lowest BCUT2D eigenvalue weighted by Gasteiger charge is -2.46. The molecule has 0 aliphatic heterocycles. The molecule has 0 spiro atoms. The van der Waals surface area contributed by atoms with E-state index in [1.165, 1.54) is 6.42 Å². The highest BCUT2D eigenvalue weighted by atomic mass is 16.2. The molecule has 2 aromatic rings. The van der Waals surface area contributed by atoms with Gasteiger partial charge in [0.05, 0.1) is 6.54 Å². The third-order valence-corrected chi connectivity index (χ3v) is 7.45. The molecule has 2 saturated carbocycles. The van der Waals surface area contributed by atoms with Gasteiger partial charge >= 0.3 is 0 Å². The summed E-state index contributed by atoms with van der Waals surface area (Å²) in [5.74, 6) is -0.613. The van der Waals surface area contributed by atoms with E-state index < -0.39 is 5.54 Å². The van der Waals surface area contributed by atoms with E-state index in [-0.39, 0.29) is 30.3 Å². The van der Waals surface area contributed by atoms with Gasteiger partial charge in [0.25, 0.3) is 5.91 Å². The highest BCUT2D eigenvalue weighted by molar-refractivity contribution is 6.06. The lowest BCUT2D eigenvalue weighted by molar-refractivity contribution is -0.132. The number of hydrogen-bond acceptors (Lipinski definition) is 3. The van der Waals surface area contributed by atoms with Crippen LogP contribution in [-0.4, -0.2) is 35.8 Å². The first-order valence-electron chi connectivity index (χ1n) is 13.0. The maximum absolute atomic E-state index is 13.9. The number of nitrogens with one attached hydrogen (secondary N) is 2. The van der Waals surface area contributed by atoms with Crippen molar-refractivity contribution in [1.29, 1.82) is 0 Å². The van der Waals surface area contributed by atoms with E-state index in [9.17, 15) is 14.4 Å². The van der Waals surface area contributed by atoms with Gasteiger partial charge in [-0.25, -0.2) is 0 Å².